The van der Waals surface area contributed by atoms with Crippen LogP contribution in [0.5, 0.6) is 5.75 Å². The zero-order valence-corrected chi connectivity index (χ0v) is 16.4. The predicted molar refractivity (Wildman–Crippen MR) is 108 cm³/mol. The molecule has 1 aliphatic rings. The van der Waals surface area contributed by atoms with Crippen LogP contribution in [0.2, 0.25) is 0 Å². The Labute approximate surface area is 163 Å². The average molecular weight is 378 g/mol. The van der Waals surface area contributed by atoms with Crippen LogP contribution < -0.4 is 15.0 Å². The summed E-state index contributed by atoms with van der Waals surface area (Å²) < 4.78 is 11.4. The number of anilines is 2. The van der Waals surface area contributed by atoms with Gasteiger partial charge in [-0.05, 0) is 57.0 Å². The molecule has 0 atom stereocenters. The first-order valence-corrected chi connectivity index (χ1v) is 9.28. The summed E-state index contributed by atoms with van der Waals surface area (Å²) in [5.74, 6) is 0.501. The van der Waals surface area contributed by atoms with Crippen LogP contribution in [0.4, 0.5) is 11.4 Å². The molecule has 2 heterocycles. The third-order valence-corrected chi connectivity index (χ3v) is 5.31. The number of likely N-dealkylation sites (N-methyl/N-ethyl adjacent to an activating group) is 1. The molecule has 1 N–H and O–H groups in total. The van der Waals surface area contributed by atoms with E-state index >= 15 is 0 Å². The number of nitrogens with one attached hydrogen (secondary N) is 1. The number of furan rings is 1. The lowest BCUT2D eigenvalue weighted by Gasteiger charge is -2.28. The summed E-state index contributed by atoms with van der Waals surface area (Å²) in [4.78, 5) is 26.6. The number of ether oxygens (including phenoxy) is 1. The van der Waals surface area contributed by atoms with Crippen molar-refractivity contribution in [1.29, 1.82) is 0 Å². The summed E-state index contributed by atoms with van der Waals surface area (Å²) >= 11 is 0. The molecule has 1 aliphatic heterocycles. The van der Waals surface area contributed by atoms with Gasteiger partial charge in [-0.25, -0.2) is 0 Å². The first kappa shape index (κ1) is 18.1. The molecular weight excluding hydrogens is 356 g/mol. The van der Waals surface area contributed by atoms with Crippen LogP contribution in [-0.4, -0.2) is 25.0 Å². The van der Waals surface area contributed by atoms with E-state index in [0.717, 1.165) is 27.7 Å². The van der Waals surface area contributed by atoms with Gasteiger partial charge < -0.3 is 19.4 Å². The number of carbonyl (C=O) groups is 2. The Morgan fingerprint density at radius 3 is 2.68 bits per heavy atom. The number of rotatable bonds is 3. The fraction of sp³-hybridized carbons (Fsp3) is 0.273. The number of fused-ring (bicyclic) bond motifs is 2. The van der Waals surface area contributed by atoms with Crippen LogP contribution in [0.15, 0.2) is 34.7 Å². The van der Waals surface area contributed by atoms with E-state index in [4.69, 9.17) is 9.15 Å². The summed E-state index contributed by atoms with van der Waals surface area (Å²) in [5, 5.41) is 3.82. The fourth-order valence-corrected chi connectivity index (χ4v) is 3.55. The molecule has 6 heteroatoms. The first-order chi connectivity index (χ1) is 13.4. The van der Waals surface area contributed by atoms with Gasteiger partial charge in [0.25, 0.3) is 11.8 Å². The molecule has 28 heavy (non-hydrogen) atoms. The van der Waals surface area contributed by atoms with Gasteiger partial charge in [0, 0.05) is 23.2 Å². The zero-order valence-electron chi connectivity index (χ0n) is 16.4. The van der Waals surface area contributed by atoms with E-state index in [0.29, 0.717) is 29.4 Å². The Bertz CT molecular complexity index is 1110. The van der Waals surface area contributed by atoms with Crippen molar-refractivity contribution in [2.75, 3.05) is 23.4 Å². The molecule has 0 fully saturated rings. The van der Waals surface area contributed by atoms with Crippen molar-refractivity contribution >= 4 is 34.2 Å². The molecule has 2 amide bonds. The topological polar surface area (TPSA) is 71.8 Å². The lowest BCUT2D eigenvalue weighted by atomic mass is 10.0. The highest BCUT2D eigenvalue weighted by atomic mass is 16.5. The van der Waals surface area contributed by atoms with Gasteiger partial charge in [-0.15, -0.1) is 0 Å². The second kappa shape index (κ2) is 6.71. The normalized spacial score (nSPS) is 13.4. The van der Waals surface area contributed by atoms with Gasteiger partial charge in [-0.2, -0.15) is 0 Å². The van der Waals surface area contributed by atoms with Gasteiger partial charge in [0.1, 0.15) is 11.3 Å². The molecule has 144 valence electrons. The quantitative estimate of drug-likeness (QED) is 0.735. The van der Waals surface area contributed by atoms with E-state index in [-0.39, 0.29) is 18.4 Å². The van der Waals surface area contributed by atoms with Crippen LogP contribution in [0.3, 0.4) is 0 Å². The highest BCUT2D eigenvalue weighted by Crippen LogP contribution is 2.35. The van der Waals surface area contributed by atoms with E-state index in [1.54, 1.807) is 23.1 Å². The number of amides is 2. The number of nitrogens with zero attached hydrogens (tertiary/aromatic N) is 1. The zero-order chi connectivity index (χ0) is 20.0. The summed E-state index contributed by atoms with van der Waals surface area (Å²) in [6.45, 7) is 8.36. The standard InChI is InChI=1S/C22H22N2O4/c1-5-24-17-10-15(7-9-18(17)27-11-19(24)25)23-22(26)21-14(4)16-8-6-12(2)13(3)20(16)28-21/h6-10H,5,11H2,1-4H3,(H,23,26). The highest BCUT2D eigenvalue weighted by Gasteiger charge is 2.25. The smallest absolute Gasteiger partial charge is 0.291 e. The second-order valence-corrected chi connectivity index (χ2v) is 7.00. The third kappa shape index (κ3) is 2.81. The second-order valence-electron chi connectivity index (χ2n) is 7.00. The predicted octanol–water partition coefficient (Wildman–Crippen LogP) is 4.36. The molecular formula is C22H22N2O4. The van der Waals surface area contributed by atoms with Crippen LogP contribution in [0.1, 0.15) is 34.2 Å². The molecule has 0 spiro atoms. The fourth-order valence-electron chi connectivity index (χ4n) is 3.55. The van der Waals surface area contributed by atoms with Crippen molar-refractivity contribution < 1.29 is 18.7 Å². The number of carbonyl (C=O) groups excluding carboxylic acids is 2. The molecule has 1 aromatic heterocycles. The lowest BCUT2D eigenvalue weighted by molar-refractivity contribution is -0.121. The van der Waals surface area contributed by atoms with Crippen molar-refractivity contribution in [1.82, 2.24) is 0 Å². The van der Waals surface area contributed by atoms with Gasteiger partial charge >= 0.3 is 0 Å². The molecule has 3 aromatic rings. The van der Waals surface area contributed by atoms with Crippen LogP contribution in [-0.2, 0) is 4.79 Å². The largest absolute Gasteiger partial charge is 0.482 e. The molecule has 0 radical (unpaired) electrons. The summed E-state index contributed by atoms with van der Waals surface area (Å²) in [6, 6.07) is 9.28. The summed E-state index contributed by atoms with van der Waals surface area (Å²) in [6.07, 6.45) is 0. The Hall–Kier alpha value is -3.28. The first-order valence-electron chi connectivity index (χ1n) is 9.28. The summed E-state index contributed by atoms with van der Waals surface area (Å²) in [7, 11) is 0. The minimum Gasteiger partial charge on any atom is -0.482 e. The van der Waals surface area contributed by atoms with E-state index in [1.165, 1.54) is 0 Å². The Balaban J connectivity index is 1.67. The van der Waals surface area contributed by atoms with Crippen molar-refractivity contribution in [3.63, 3.8) is 0 Å². The molecule has 4 rings (SSSR count). The average Bonchev–Trinajstić information content (AvgIpc) is 3.02. The maximum Gasteiger partial charge on any atom is 0.291 e. The number of hydrogen-bond acceptors (Lipinski definition) is 4. The molecule has 2 aromatic carbocycles. The number of benzene rings is 2. The number of hydrogen-bond donors (Lipinski definition) is 1. The van der Waals surface area contributed by atoms with Gasteiger partial charge in [0.15, 0.2) is 12.4 Å². The highest BCUT2D eigenvalue weighted by molar-refractivity contribution is 6.07. The van der Waals surface area contributed by atoms with Crippen molar-refractivity contribution in [2.45, 2.75) is 27.7 Å². The number of aryl methyl sites for hydroxylation is 3. The lowest BCUT2D eigenvalue weighted by Crippen LogP contribution is -2.38. The molecule has 0 unspecified atom stereocenters. The molecule has 6 nitrogen and oxygen atoms in total. The minimum absolute atomic E-state index is 0.0312. The maximum atomic E-state index is 12.9. The minimum atomic E-state index is -0.322. The van der Waals surface area contributed by atoms with Crippen molar-refractivity contribution in [3.8, 4) is 5.75 Å². The van der Waals surface area contributed by atoms with Crippen LogP contribution >= 0.6 is 0 Å². The third-order valence-electron chi connectivity index (χ3n) is 5.31. The van der Waals surface area contributed by atoms with Crippen molar-refractivity contribution in [2.24, 2.45) is 0 Å². The van der Waals surface area contributed by atoms with Crippen molar-refractivity contribution in [3.05, 3.63) is 52.8 Å². The van der Waals surface area contributed by atoms with Gasteiger partial charge in [-0.3, -0.25) is 9.59 Å². The Morgan fingerprint density at radius 1 is 1.14 bits per heavy atom. The Morgan fingerprint density at radius 2 is 1.93 bits per heavy atom. The van der Waals surface area contributed by atoms with E-state index in [1.807, 2.05) is 39.8 Å². The maximum absolute atomic E-state index is 12.9. The molecule has 0 bridgehead atoms. The van der Waals surface area contributed by atoms with Crippen LogP contribution in [0.25, 0.3) is 11.0 Å². The van der Waals surface area contributed by atoms with Gasteiger partial charge in [0.2, 0.25) is 0 Å². The van der Waals surface area contributed by atoms with E-state index in [2.05, 4.69) is 5.32 Å². The van der Waals surface area contributed by atoms with E-state index in [9.17, 15) is 9.59 Å². The van der Waals surface area contributed by atoms with Gasteiger partial charge in [0.05, 0.1) is 5.69 Å². The SMILES string of the molecule is CCN1C(=O)COc2ccc(NC(=O)c3oc4c(C)c(C)ccc4c3C)cc21. The van der Waals surface area contributed by atoms with Gasteiger partial charge in [-0.1, -0.05) is 12.1 Å². The monoisotopic (exact) mass is 378 g/mol. The molecule has 0 saturated carbocycles. The summed E-state index contributed by atoms with van der Waals surface area (Å²) in [5.41, 5.74) is 4.93. The molecule has 0 aliphatic carbocycles. The molecule has 0 saturated heterocycles. The van der Waals surface area contributed by atoms with Crippen LogP contribution in [0, 0.1) is 20.8 Å². The Kier molecular flexibility index (Phi) is 4.34. The van der Waals surface area contributed by atoms with E-state index < -0.39 is 0 Å².